The number of piperidine rings is 1. The molecule has 1 N–H and O–H groups in total. The average molecular weight is 356 g/mol. The number of aromatic nitrogens is 2. The molecule has 138 valence electrons. The third-order valence-electron chi connectivity index (χ3n) is 4.23. The molecule has 26 heavy (non-hydrogen) atoms. The molecule has 1 aromatic carbocycles. The molecule has 1 unspecified atom stereocenters. The average Bonchev–Trinajstić information content (AvgIpc) is 2.61. The van der Waals surface area contributed by atoms with E-state index < -0.39 is 0 Å². The fraction of sp³-hybridized carbons (Fsp3) is 0.421. The van der Waals surface area contributed by atoms with Crippen molar-refractivity contribution < 1.29 is 14.3 Å². The zero-order valence-corrected chi connectivity index (χ0v) is 15.4. The largest absolute Gasteiger partial charge is 0.480 e. The molecule has 0 aliphatic carbocycles. The van der Waals surface area contributed by atoms with Gasteiger partial charge in [0.05, 0.1) is 26.0 Å². The molecule has 2 aromatic rings. The quantitative estimate of drug-likeness (QED) is 0.910. The molecule has 1 aliphatic rings. The van der Waals surface area contributed by atoms with E-state index in [0.717, 1.165) is 29.7 Å². The van der Waals surface area contributed by atoms with E-state index in [1.165, 1.54) is 13.3 Å². The van der Waals surface area contributed by atoms with Crippen molar-refractivity contribution in [3.63, 3.8) is 0 Å². The van der Waals surface area contributed by atoms with Crippen LogP contribution in [0.15, 0.2) is 30.6 Å². The SMILES string of the molecule is COc1cncc(OC2CCCN(C(=O)Nc3cc(C)cc(C)c3)C2)n1. The van der Waals surface area contributed by atoms with Crippen LogP contribution >= 0.6 is 0 Å². The molecule has 0 radical (unpaired) electrons. The lowest BCUT2D eigenvalue weighted by molar-refractivity contribution is 0.101. The molecule has 1 saturated heterocycles. The van der Waals surface area contributed by atoms with Crippen LogP contribution in [0.25, 0.3) is 0 Å². The first-order valence-electron chi connectivity index (χ1n) is 8.70. The van der Waals surface area contributed by atoms with Crippen molar-refractivity contribution in [1.82, 2.24) is 14.9 Å². The van der Waals surface area contributed by atoms with E-state index in [9.17, 15) is 4.79 Å². The Morgan fingerprint density at radius 3 is 2.65 bits per heavy atom. The van der Waals surface area contributed by atoms with Crippen molar-refractivity contribution >= 4 is 11.7 Å². The second kappa shape index (κ2) is 8.03. The van der Waals surface area contributed by atoms with E-state index in [1.807, 2.05) is 26.0 Å². The van der Waals surface area contributed by atoms with Crippen molar-refractivity contribution in [2.24, 2.45) is 0 Å². The third-order valence-corrected chi connectivity index (χ3v) is 4.23. The number of hydrogen-bond acceptors (Lipinski definition) is 5. The molecule has 0 bridgehead atoms. The lowest BCUT2D eigenvalue weighted by Gasteiger charge is -2.32. The number of carbonyl (C=O) groups is 1. The number of hydrogen-bond donors (Lipinski definition) is 1. The maximum atomic E-state index is 12.6. The van der Waals surface area contributed by atoms with Gasteiger partial charge in [0, 0.05) is 12.2 Å². The number of anilines is 1. The number of methoxy groups -OCH3 is 1. The highest BCUT2D eigenvalue weighted by Crippen LogP contribution is 2.20. The number of likely N-dealkylation sites (tertiary alicyclic amines) is 1. The summed E-state index contributed by atoms with van der Waals surface area (Å²) in [7, 11) is 1.54. The lowest BCUT2D eigenvalue weighted by Crippen LogP contribution is -2.46. The molecule has 1 aromatic heterocycles. The van der Waals surface area contributed by atoms with Crippen molar-refractivity contribution in [1.29, 1.82) is 0 Å². The smallest absolute Gasteiger partial charge is 0.321 e. The van der Waals surface area contributed by atoms with E-state index >= 15 is 0 Å². The molecule has 3 rings (SSSR count). The maximum absolute atomic E-state index is 12.6. The molecule has 1 atom stereocenters. The zero-order valence-electron chi connectivity index (χ0n) is 15.4. The number of nitrogens with one attached hydrogen (secondary N) is 1. The number of amides is 2. The Morgan fingerprint density at radius 1 is 1.19 bits per heavy atom. The molecule has 0 saturated carbocycles. The zero-order chi connectivity index (χ0) is 18.5. The van der Waals surface area contributed by atoms with Gasteiger partial charge >= 0.3 is 6.03 Å². The second-order valence-electron chi connectivity index (χ2n) is 6.53. The summed E-state index contributed by atoms with van der Waals surface area (Å²) in [5.74, 6) is 0.814. The van der Waals surface area contributed by atoms with Gasteiger partial charge in [0.2, 0.25) is 11.8 Å². The molecular formula is C19H24N4O3. The van der Waals surface area contributed by atoms with Gasteiger partial charge < -0.3 is 19.7 Å². The first-order chi connectivity index (χ1) is 12.5. The lowest BCUT2D eigenvalue weighted by atomic mass is 10.1. The summed E-state index contributed by atoms with van der Waals surface area (Å²) in [6, 6.07) is 5.90. The normalized spacial score (nSPS) is 16.9. The van der Waals surface area contributed by atoms with Crippen LogP contribution in [0.3, 0.4) is 0 Å². The highest BCUT2D eigenvalue weighted by Gasteiger charge is 2.25. The van der Waals surface area contributed by atoms with E-state index in [0.29, 0.717) is 24.8 Å². The minimum Gasteiger partial charge on any atom is -0.480 e. The van der Waals surface area contributed by atoms with Gasteiger partial charge in [-0.2, -0.15) is 4.98 Å². The van der Waals surface area contributed by atoms with Crippen molar-refractivity contribution in [3.8, 4) is 11.8 Å². The Kier molecular flexibility index (Phi) is 5.55. The number of carbonyl (C=O) groups excluding carboxylic acids is 1. The summed E-state index contributed by atoms with van der Waals surface area (Å²) < 4.78 is 11.0. The number of rotatable bonds is 4. The van der Waals surface area contributed by atoms with Gasteiger partial charge in [-0.1, -0.05) is 6.07 Å². The molecule has 7 nitrogen and oxygen atoms in total. The van der Waals surface area contributed by atoms with Gasteiger partial charge in [-0.3, -0.25) is 4.98 Å². The fourth-order valence-electron chi connectivity index (χ4n) is 3.13. The number of benzene rings is 1. The number of ether oxygens (including phenoxy) is 2. The number of nitrogens with zero attached hydrogens (tertiary/aromatic N) is 3. The molecule has 2 heterocycles. The predicted molar refractivity (Wildman–Crippen MR) is 98.7 cm³/mol. The van der Waals surface area contributed by atoms with Crippen molar-refractivity contribution in [2.75, 3.05) is 25.5 Å². The standard InChI is InChI=1S/C19H24N4O3/c1-13-7-14(2)9-15(8-13)21-19(24)23-6-4-5-16(12-23)26-18-11-20-10-17(22-18)25-3/h7-11,16H,4-6,12H2,1-3H3,(H,21,24). The Labute approximate surface area is 153 Å². The summed E-state index contributed by atoms with van der Waals surface area (Å²) in [5.41, 5.74) is 3.06. The molecule has 0 spiro atoms. The van der Waals surface area contributed by atoms with Crippen LogP contribution in [0.1, 0.15) is 24.0 Å². The van der Waals surface area contributed by atoms with E-state index in [4.69, 9.17) is 9.47 Å². The first kappa shape index (κ1) is 18.0. The predicted octanol–water partition coefficient (Wildman–Crippen LogP) is 3.18. The van der Waals surface area contributed by atoms with Crippen LogP contribution in [-0.4, -0.2) is 47.2 Å². The van der Waals surface area contributed by atoms with Gasteiger partial charge in [0.25, 0.3) is 0 Å². The second-order valence-corrected chi connectivity index (χ2v) is 6.53. The van der Waals surface area contributed by atoms with Crippen LogP contribution in [-0.2, 0) is 0 Å². The van der Waals surface area contributed by atoms with Gasteiger partial charge in [-0.05, 0) is 49.9 Å². The van der Waals surface area contributed by atoms with Gasteiger partial charge in [-0.15, -0.1) is 0 Å². The van der Waals surface area contributed by atoms with Gasteiger partial charge in [-0.25, -0.2) is 4.79 Å². The van der Waals surface area contributed by atoms with E-state index in [-0.39, 0.29) is 12.1 Å². The van der Waals surface area contributed by atoms with Crippen molar-refractivity contribution in [3.05, 3.63) is 41.7 Å². The van der Waals surface area contributed by atoms with E-state index in [1.54, 1.807) is 11.1 Å². The highest BCUT2D eigenvalue weighted by atomic mass is 16.5. The Hall–Kier alpha value is -2.83. The minimum atomic E-state index is -0.116. The molecule has 2 amide bonds. The molecule has 1 aliphatic heterocycles. The summed E-state index contributed by atoms with van der Waals surface area (Å²) in [4.78, 5) is 22.6. The monoisotopic (exact) mass is 356 g/mol. The minimum absolute atomic E-state index is 0.111. The Morgan fingerprint density at radius 2 is 1.92 bits per heavy atom. The third kappa shape index (κ3) is 4.62. The highest BCUT2D eigenvalue weighted by molar-refractivity contribution is 5.89. The van der Waals surface area contributed by atoms with Gasteiger partial charge in [0.15, 0.2) is 0 Å². The number of aryl methyl sites for hydroxylation is 2. The van der Waals surface area contributed by atoms with Crippen LogP contribution in [0.5, 0.6) is 11.8 Å². The van der Waals surface area contributed by atoms with Crippen LogP contribution < -0.4 is 14.8 Å². The maximum Gasteiger partial charge on any atom is 0.321 e. The molecule has 1 fully saturated rings. The van der Waals surface area contributed by atoms with Gasteiger partial charge in [0.1, 0.15) is 6.10 Å². The first-order valence-corrected chi connectivity index (χ1v) is 8.70. The van der Waals surface area contributed by atoms with Crippen molar-refractivity contribution in [2.45, 2.75) is 32.8 Å². The van der Waals surface area contributed by atoms with Crippen LogP contribution in [0.4, 0.5) is 10.5 Å². The van der Waals surface area contributed by atoms with Crippen LogP contribution in [0.2, 0.25) is 0 Å². The summed E-state index contributed by atoms with van der Waals surface area (Å²) in [5, 5.41) is 2.98. The summed E-state index contributed by atoms with van der Waals surface area (Å²) >= 11 is 0. The summed E-state index contributed by atoms with van der Waals surface area (Å²) in [6.07, 6.45) is 4.71. The summed E-state index contributed by atoms with van der Waals surface area (Å²) in [6.45, 7) is 5.25. The molecule has 7 heteroatoms. The van der Waals surface area contributed by atoms with Crippen LogP contribution in [0, 0.1) is 13.8 Å². The molecular weight excluding hydrogens is 332 g/mol. The topological polar surface area (TPSA) is 76.6 Å². The Balaban J connectivity index is 1.61. The van der Waals surface area contributed by atoms with E-state index in [2.05, 4.69) is 21.4 Å². The Bertz CT molecular complexity index is 761. The fourth-order valence-corrected chi connectivity index (χ4v) is 3.13. The number of urea groups is 1.